The van der Waals surface area contributed by atoms with Crippen LogP contribution in [0.3, 0.4) is 0 Å². The topological polar surface area (TPSA) is 123 Å². The number of carbonyl (C=O) groups excluding carboxylic acids is 2. The Bertz CT molecular complexity index is 2600. The molecule has 0 saturated heterocycles. The number of unbranched alkanes of at least 4 members (excludes halogenated alkanes) is 36. The molecular formula is C81H123NO9. The van der Waals surface area contributed by atoms with E-state index in [1.165, 1.54) is 161 Å². The first-order valence-electron chi connectivity index (χ1n) is 37.4. The molecule has 0 saturated carbocycles. The van der Waals surface area contributed by atoms with Crippen molar-refractivity contribution >= 4 is 11.6 Å². The minimum Gasteiger partial charge on any atom is -0.494 e. The van der Waals surface area contributed by atoms with Gasteiger partial charge < -0.3 is 33.2 Å². The van der Waals surface area contributed by atoms with Crippen molar-refractivity contribution < 1.29 is 42.7 Å². The molecule has 0 amide bonds. The van der Waals surface area contributed by atoms with Crippen LogP contribution in [0.15, 0.2) is 60.7 Å². The van der Waals surface area contributed by atoms with Gasteiger partial charge in [-0.25, -0.2) is 0 Å². The van der Waals surface area contributed by atoms with Crippen molar-refractivity contribution in [1.82, 2.24) is 0 Å². The Kier molecular flexibility index (Phi) is 40.9. The van der Waals surface area contributed by atoms with E-state index in [0.29, 0.717) is 86.8 Å². The van der Waals surface area contributed by atoms with E-state index in [4.69, 9.17) is 33.2 Å². The van der Waals surface area contributed by atoms with Crippen molar-refractivity contribution in [3.63, 3.8) is 0 Å². The van der Waals surface area contributed by atoms with Gasteiger partial charge in [0.2, 0.25) is 11.5 Å². The zero-order valence-electron chi connectivity index (χ0n) is 58.0. The van der Waals surface area contributed by atoms with Gasteiger partial charge in [0, 0.05) is 11.1 Å². The molecule has 0 spiro atoms. The molecule has 4 aromatic carbocycles. The van der Waals surface area contributed by atoms with Crippen molar-refractivity contribution in [2.45, 2.75) is 304 Å². The van der Waals surface area contributed by atoms with E-state index < -0.39 is 0 Å². The third-order valence-electron chi connectivity index (χ3n) is 17.8. The van der Waals surface area contributed by atoms with E-state index >= 15 is 9.59 Å². The number of ketones is 2. The molecule has 0 aliphatic heterocycles. The summed E-state index contributed by atoms with van der Waals surface area (Å²) in [4.78, 5) is 31.8. The van der Waals surface area contributed by atoms with Gasteiger partial charge in [-0.15, -0.1) is 0 Å². The fourth-order valence-electron chi connectivity index (χ4n) is 12.2. The molecule has 0 radical (unpaired) electrons. The van der Waals surface area contributed by atoms with E-state index in [1.54, 1.807) is 12.1 Å². The Hall–Kier alpha value is -5.69. The Morgan fingerprint density at radius 2 is 0.527 bits per heavy atom. The third-order valence-corrected chi connectivity index (χ3v) is 17.8. The predicted octanol–water partition coefficient (Wildman–Crippen LogP) is 23.8. The maximum Gasteiger partial charge on any atom is 0.204 e. The van der Waals surface area contributed by atoms with Gasteiger partial charge in [-0.05, 0) is 92.5 Å². The molecule has 4 aromatic rings. The highest BCUT2D eigenvalue weighted by Crippen LogP contribution is 2.51. The molecule has 1 aliphatic carbocycles. The molecule has 0 unspecified atom stereocenters. The van der Waals surface area contributed by atoms with Crippen LogP contribution in [0.25, 0.3) is 11.1 Å². The second kappa shape index (κ2) is 49.0. The van der Waals surface area contributed by atoms with Crippen LogP contribution in [0.4, 0.5) is 0 Å². The van der Waals surface area contributed by atoms with Gasteiger partial charge in [-0.1, -0.05) is 284 Å². The average molecular weight is 1250 g/mol. The second-order valence-electron chi connectivity index (χ2n) is 25.8. The van der Waals surface area contributed by atoms with Gasteiger partial charge in [0.1, 0.15) is 5.75 Å². The summed E-state index contributed by atoms with van der Waals surface area (Å²) < 4.78 is 47.2. The van der Waals surface area contributed by atoms with Gasteiger partial charge in [0.25, 0.3) is 0 Å². The monoisotopic (exact) mass is 1250 g/mol. The molecule has 10 heteroatoms. The summed E-state index contributed by atoms with van der Waals surface area (Å²) in [6, 6.07) is 21.3. The van der Waals surface area contributed by atoms with Crippen molar-refractivity contribution in [1.29, 1.82) is 5.26 Å². The number of rotatable bonds is 58. The summed E-state index contributed by atoms with van der Waals surface area (Å²) in [5.74, 6) is 2.33. The summed E-state index contributed by atoms with van der Waals surface area (Å²) in [5, 5.41) is 9.28. The van der Waals surface area contributed by atoms with Gasteiger partial charge in [-0.3, -0.25) is 9.59 Å². The molecule has 91 heavy (non-hydrogen) atoms. The van der Waals surface area contributed by atoms with Gasteiger partial charge in [-0.2, -0.15) is 5.26 Å². The van der Waals surface area contributed by atoms with Crippen LogP contribution in [0.1, 0.15) is 342 Å². The van der Waals surface area contributed by atoms with E-state index in [2.05, 4.69) is 40.7 Å². The van der Waals surface area contributed by atoms with Crippen molar-refractivity contribution in [2.24, 2.45) is 0 Å². The van der Waals surface area contributed by atoms with E-state index in [-0.39, 0.29) is 46.2 Å². The standard InChI is InChI=1S/C81H123NO9/c1-6-11-16-21-26-31-36-41-57-86-72-63-70-74(80(90-61-45-40-35-30-25-20-15-10-5)78(72)88-59-43-38-33-28-23-18-13-8-3)76(83)71-64-73(87-58-42-37-32-27-22-17-12-7-2)79(89-60-44-39-34-29-24-19-14-9-4)81(75(71)77(70)84)91-62-47-46-56-85-69-54-52-68(53-55-69)67-50-48-66(65-82)49-51-67/h48-55,63-64H,6-47,56-62H2,1-5H3. The lowest BCUT2D eigenvalue weighted by atomic mass is 9.82. The Morgan fingerprint density at radius 1 is 0.286 bits per heavy atom. The van der Waals surface area contributed by atoms with Crippen LogP contribution in [0.5, 0.6) is 40.2 Å². The molecular weight excluding hydrogens is 1130 g/mol. The van der Waals surface area contributed by atoms with Crippen LogP contribution in [-0.4, -0.2) is 57.8 Å². The molecule has 5 rings (SSSR count). The zero-order chi connectivity index (χ0) is 64.6. The van der Waals surface area contributed by atoms with Gasteiger partial charge in [0.15, 0.2) is 34.6 Å². The van der Waals surface area contributed by atoms with Crippen LogP contribution in [0, 0.1) is 11.3 Å². The van der Waals surface area contributed by atoms with E-state index in [9.17, 15) is 5.26 Å². The molecule has 10 nitrogen and oxygen atoms in total. The number of ether oxygens (including phenoxy) is 7. The number of nitriles is 1. The van der Waals surface area contributed by atoms with Crippen LogP contribution in [-0.2, 0) is 0 Å². The highest BCUT2D eigenvalue weighted by atomic mass is 16.5. The van der Waals surface area contributed by atoms with E-state index in [1.807, 2.05) is 48.5 Å². The highest BCUT2D eigenvalue weighted by Gasteiger charge is 2.41. The Morgan fingerprint density at radius 3 is 0.824 bits per heavy atom. The number of nitrogens with zero attached hydrogens (tertiary/aromatic N) is 1. The molecule has 0 aromatic heterocycles. The molecule has 0 fully saturated rings. The lowest BCUT2D eigenvalue weighted by Crippen LogP contribution is -2.25. The number of carbonyl (C=O) groups is 2. The normalized spacial score (nSPS) is 11.8. The molecule has 1 aliphatic rings. The third kappa shape index (κ3) is 29.0. The number of fused-ring (bicyclic) bond motifs is 2. The number of hydrogen-bond donors (Lipinski definition) is 0. The fourth-order valence-corrected chi connectivity index (χ4v) is 12.2. The first-order chi connectivity index (χ1) is 44.9. The highest BCUT2D eigenvalue weighted by molar-refractivity contribution is 6.31. The molecule has 0 bridgehead atoms. The largest absolute Gasteiger partial charge is 0.494 e. The predicted molar refractivity (Wildman–Crippen MR) is 377 cm³/mol. The average Bonchev–Trinajstić information content (AvgIpc) is 0.731. The lowest BCUT2D eigenvalue weighted by molar-refractivity contribution is 0.0968. The molecule has 0 atom stereocenters. The lowest BCUT2D eigenvalue weighted by Gasteiger charge is -2.27. The molecule has 0 heterocycles. The van der Waals surface area contributed by atoms with Gasteiger partial charge in [0.05, 0.1) is 69.0 Å². The summed E-state index contributed by atoms with van der Waals surface area (Å²) in [6.07, 6.45) is 47.5. The minimum atomic E-state index is -0.331. The summed E-state index contributed by atoms with van der Waals surface area (Å²) in [6.45, 7) is 14.1. The van der Waals surface area contributed by atoms with Crippen molar-refractivity contribution in [2.75, 3.05) is 46.2 Å². The summed E-state index contributed by atoms with van der Waals surface area (Å²) in [7, 11) is 0. The van der Waals surface area contributed by atoms with Crippen molar-refractivity contribution in [3.8, 4) is 57.4 Å². The first kappa shape index (κ1) is 76.0. The summed E-state index contributed by atoms with van der Waals surface area (Å²) >= 11 is 0. The first-order valence-corrected chi connectivity index (χ1v) is 37.4. The maximum absolute atomic E-state index is 15.9. The van der Waals surface area contributed by atoms with Crippen LogP contribution < -0.4 is 33.2 Å². The SMILES string of the molecule is CCCCCCCCCCOc1cc2c(c(OCCCCCCCCCC)c1OCCCCCCCCCC)C(=O)c1cc(OCCCCCCCCCC)c(OCCCCCCCCCC)c(OCCCCOc3ccc(-c4ccc(C#N)cc4)cc3)c1C2=O. The quantitative estimate of drug-likeness (QED) is 0.0348. The number of benzene rings is 4. The van der Waals surface area contributed by atoms with Gasteiger partial charge >= 0.3 is 0 Å². The summed E-state index contributed by atoms with van der Waals surface area (Å²) in [5.41, 5.74) is 3.58. The fraction of sp³-hybridized carbons (Fsp3) is 0.667. The number of hydrogen-bond acceptors (Lipinski definition) is 10. The maximum atomic E-state index is 15.9. The smallest absolute Gasteiger partial charge is 0.204 e. The molecule has 506 valence electrons. The second-order valence-corrected chi connectivity index (χ2v) is 25.8. The minimum absolute atomic E-state index is 0.192. The molecule has 0 N–H and O–H groups in total. The van der Waals surface area contributed by atoms with Crippen molar-refractivity contribution in [3.05, 3.63) is 88.5 Å². The van der Waals surface area contributed by atoms with E-state index in [0.717, 1.165) is 113 Å². The Balaban J connectivity index is 1.51. The van der Waals surface area contributed by atoms with Crippen LogP contribution in [0.2, 0.25) is 0 Å². The van der Waals surface area contributed by atoms with Crippen LogP contribution >= 0.6 is 0 Å². The zero-order valence-corrected chi connectivity index (χ0v) is 58.0. The Labute approximate surface area is 553 Å².